The monoisotopic (exact) mass is 347 g/mol. The lowest BCUT2D eigenvalue weighted by atomic mass is 10.1. The highest BCUT2D eigenvalue weighted by Crippen LogP contribution is 2.20. The van der Waals surface area contributed by atoms with Crippen molar-refractivity contribution < 1.29 is 4.79 Å². The van der Waals surface area contributed by atoms with Crippen LogP contribution in [0.4, 0.5) is 5.82 Å². The van der Waals surface area contributed by atoms with E-state index in [1.54, 1.807) is 12.4 Å². The molecule has 0 unspecified atom stereocenters. The number of pyridine rings is 1. The van der Waals surface area contributed by atoms with Crippen molar-refractivity contribution in [3.8, 4) is 0 Å². The molecule has 0 atom stereocenters. The van der Waals surface area contributed by atoms with E-state index in [2.05, 4.69) is 19.9 Å². The second kappa shape index (κ2) is 6.71. The molecule has 0 bridgehead atoms. The summed E-state index contributed by atoms with van der Waals surface area (Å²) in [6.07, 6.45) is 3.58. The molecule has 26 heavy (non-hydrogen) atoms. The number of nitrogens with zero attached hydrogens (tertiary/aromatic N) is 5. The van der Waals surface area contributed by atoms with Gasteiger partial charge in [-0.1, -0.05) is 0 Å². The molecule has 4 rings (SSSR count). The number of rotatable bonds is 2. The Hall–Kier alpha value is -3.02. The van der Waals surface area contributed by atoms with Crippen LogP contribution >= 0.6 is 0 Å². The van der Waals surface area contributed by atoms with Crippen LogP contribution < -0.4 is 4.90 Å². The maximum atomic E-state index is 12.9. The zero-order chi connectivity index (χ0) is 18.1. The predicted octanol–water partition coefficient (Wildman–Crippen LogP) is 2.60. The van der Waals surface area contributed by atoms with Crippen molar-refractivity contribution in [2.75, 3.05) is 31.1 Å². The smallest absolute Gasteiger partial charge is 0.253 e. The molecule has 1 aromatic carbocycles. The third-order valence-electron chi connectivity index (χ3n) is 4.86. The summed E-state index contributed by atoms with van der Waals surface area (Å²) in [5.41, 5.74) is 2.78. The molecule has 132 valence electrons. The minimum atomic E-state index is 0.0775. The summed E-state index contributed by atoms with van der Waals surface area (Å²) in [6, 6.07) is 9.65. The van der Waals surface area contributed by atoms with Gasteiger partial charge in [0, 0.05) is 49.5 Å². The molecular weight excluding hydrogens is 326 g/mol. The standard InChI is InChI=1S/C20H21N5O/c1-14-5-7-22-18-4-3-16(13-17(14)18)20(26)25-11-9-24(10-12-25)19-6-8-21-15(2)23-19/h3-8,13H,9-12H2,1-2H3. The topological polar surface area (TPSA) is 62.2 Å². The van der Waals surface area contributed by atoms with E-state index in [9.17, 15) is 4.79 Å². The number of aromatic nitrogens is 3. The molecule has 1 fully saturated rings. The number of carbonyl (C=O) groups is 1. The first-order chi connectivity index (χ1) is 12.6. The number of carbonyl (C=O) groups excluding carboxylic acids is 1. The SMILES string of the molecule is Cc1nccc(N2CCN(C(=O)c3ccc4nccc(C)c4c3)CC2)n1. The highest BCUT2D eigenvalue weighted by atomic mass is 16.2. The van der Waals surface area contributed by atoms with Gasteiger partial charge in [-0.3, -0.25) is 9.78 Å². The van der Waals surface area contributed by atoms with Gasteiger partial charge in [-0.2, -0.15) is 0 Å². The maximum Gasteiger partial charge on any atom is 0.253 e. The highest BCUT2D eigenvalue weighted by molar-refractivity contribution is 5.98. The zero-order valence-electron chi connectivity index (χ0n) is 15.0. The van der Waals surface area contributed by atoms with Crippen molar-refractivity contribution in [1.29, 1.82) is 0 Å². The van der Waals surface area contributed by atoms with Crippen molar-refractivity contribution >= 4 is 22.6 Å². The first-order valence-corrected chi connectivity index (χ1v) is 8.81. The van der Waals surface area contributed by atoms with E-state index in [4.69, 9.17) is 0 Å². The Kier molecular flexibility index (Phi) is 4.24. The quantitative estimate of drug-likeness (QED) is 0.713. The van der Waals surface area contributed by atoms with Crippen molar-refractivity contribution in [3.05, 3.63) is 59.7 Å². The van der Waals surface area contributed by atoms with E-state index in [-0.39, 0.29) is 5.91 Å². The lowest BCUT2D eigenvalue weighted by molar-refractivity contribution is 0.0746. The molecule has 0 spiro atoms. The minimum absolute atomic E-state index is 0.0775. The lowest BCUT2D eigenvalue weighted by Gasteiger charge is -2.35. The molecule has 1 amide bonds. The van der Waals surface area contributed by atoms with Gasteiger partial charge in [0.25, 0.3) is 5.91 Å². The van der Waals surface area contributed by atoms with E-state index in [1.165, 1.54) is 0 Å². The van der Waals surface area contributed by atoms with E-state index < -0.39 is 0 Å². The van der Waals surface area contributed by atoms with Crippen molar-refractivity contribution in [2.45, 2.75) is 13.8 Å². The van der Waals surface area contributed by atoms with E-state index in [1.807, 2.05) is 49.1 Å². The van der Waals surface area contributed by atoms with Crippen LogP contribution in [0, 0.1) is 13.8 Å². The highest BCUT2D eigenvalue weighted by Gasteiger charge is 2.23. The Morgan fingerprint density at radius 3 is 2.50 bits per heavy atom. The van der Waals surface area contributed by atoms with E-state index in [0.717, 1.165) is 46.8 Å². The van der Waals surface area contributed by atoms with Crippen LogP contribution in [0.3, 0.4) is 0 Å². The normalized spacial score (nSPS) is 14.7. The molecule has 3 aromatic rings. The van der Waals surface area contributed by atoms with Gasteiger partial charge in [-0.15, -0.1) is 0 Å². The van der Waals surface area contributed by atoms with Gasteiger partial charge in [-0.05, 0) is 49.7 Å². The van der Waals surface area contributed by atoms with E-state index in [0.29, 0.717) is 13.1 Å². The summed E-state index contributed by atoms with van der Waals surface area (Å²) in [7, 11) is 0. The number of piperazine rings is 1. The number of fused-ring (bicyclic) bond motifs is 1. The Balaban J connectivity index is 1.49. The summed E-state index contributed by atoms with van der Waals surface area (Å²) >= 11 is 0. The molecule has 1 saturated heterocycles. The predicted molar refractivity (Wildman–Crippen MR) is 101 cm³/mol. The fraction of sp³-hybridized carbons (Fsp3) is 0.300. The van der Waals surface area contributed by atoms with Crippen LogP contribution in [0.1, 0.15) is 21.7 Å². The van der Waals surface area contributed by atoms with Gasteiger partial charge < -0.3 is 9.80 Å². The minimum Gasteiger partial charge on any atom is -0.353 e. The second-order valence-corrected chi connectivity index (χ2v) is 6.60. The second-order valence-electron chi connectivity index (χ2n) is 6.60. The molecular formula is C20H21N5O. The Bertz CT molecular complexity index is 963. The van der Waals surface area contributed by atoms with E-state index >= 15 is 0 Å². The number of anilines is 1. The zero-order valence-corrected chi connectivity index (χ0v) is 15.0. The van der Waals surface area contributed by atoms with Crippen LogP contribution in [0.15, 0.2) is 42.7 Å². The molecule has 6 nitrogen and oxygen atoms in total. The van der Waals surface area contributed by atoms with Crippen LogP contribution in [0.2, 0.25) is 0 Å². The van der Waals surface area contributed by atoms with Crippen LogP contribution in [0.5, 0.6) is 0 Å². The van der Waals surface area contributed by atoms with Gasteiger partial charge in [0.2, 0.25) is 0 Å². The Morgan fingerprint density at radius 2 is 1.73 bits per heavy atom. The largest absolute Gasteiger partial charge is 0.353 e. The molecule has 6 heteroatoms. The first kappa shape index (κ1) is 16.4. The average molecular weight is 347 g/mol. The van der Waals surface area contributed by atoms with Crippen molar-refractivity contribution in [1.82, 2.24) is 19.9 Å². The van der Waals surface area contributed by atoms with Gasteiger partial charge in [0.15, 0.2) is 0 Å². The molecule has 0 N–H and O–H groups in total. The third kappa shape index (κ3) is 3.10. The van der Waals surface area contributed by atoms with Crippen LogP contribution in [-0.2, 0) is 0 Å². The number of amides is 1. The third-order valence-corrected chi connectivity index (χ3v) is 4.86. The molecule has 0 radical (unpaired) electrons. The fourth-order valence-electron chi connectivity index (χ4n) is 3.36. The molecule has 1 aliphatic heterocycles. The lowest BCUT2D eigenvalue weighted by Crippen LogP contribution is -2.49. The van der Waals surface area contributed by atoms with Gasteiger partial charge in [0.1, 0.15) is 11.6 Å². The van der Waals surface area contributed by atoms with Gasteiger partial charge >= 0.3 is 0 Å². The fourth-order valence-corrected chi connectivity index (χ4v) is 3.36. The Labute approximate surface area is 152 Å². The molecule has 0 saturated carbocycles. The summed E-state index contributed by atoms with van der Waals surface area (Å²) in [4.78, 5) is 30.0. The number of aryl methyl sites for hydroxylation is 2. The molecule has 0 aliphatic carbocycles. The molecule has 2 aromatic heterocycles. The average Bonchev–Trinajstić information content (AvgIpc) is 2.68. The number of hydrogen-bond acceptors (Lipinski definition) is 5. The molecule has 1 aliphatic rings. The first-order valence-electron chi connectivity index (χ1n) is 8.81. The molecule has 3 heterocycles. The number of hydrogen-bond donors (Lipinski definition) is 0. The van der Waals surface area contributed by atoms with Crippen LogP contribution in [-0.4, -0.2) is 51.9 Å². The van der Waals surface area contributed by atoms with Crippen molar-refractivity contribution in [2.24, 2.45) is 0 Å². The summed E-state index contributed by atoms with van der Waals surface area (Å²) < 4.78 is 0. The van der Waals surface area contributed by atoms with Gasteiger partial charge in [-0.25, -0.2) is 9.97 Å². The maximum absolute atomic E-state index is 12.9. The summed E-state index contributed by atoms with van der Waals surface area (Å²) in [5, 5.41) is 1.04. The summed E-state index contributed by atoms with van der Waals surface area (Å²) in [6.45, 7) is 6.85. The van der Waals surface area contributed by atoms with Gasteiger partial charge in [0.05, 0.1) is 5.52 Å². The summed E-state index contributed by atoms with van der Waals surface area (Å²) in [5.74, 6) is 1.77. The van der Waals surface area contributed by atoms with Crippen LogP contribution in [0.25, 0.3) is 10.9 Å². The Morgan fingerprint density at radius 1 is 0.962 bits per heavy atom. The van der Waals surface area contributed by atoms with Crippen molar-refractivity contribution in [3.63, 3.8) is 0 Å². The number of benzene rings is 1.